The standard InChI is InChI=1S/C17H20N4O/c1-11(10-22)19-17-18-7-6-16(20-17)21-9-12-8-15(21)14-5-3-2-4-13(12)14/h2-7,11-12,15,22H,8-10H2,1H3,(H,18,19,20)/t11-,12-,15+/m1/s1. The number of nitrogens with zero attached hydrogens (tertiary/aromatic N) is 3. The highest BCUT2D eigenvalue weighted by Gasteiger charge is 2.42. The molecule has 4 rings (SSSR count). The van der Waals surface area contributed by atoms with Crippen molar-refractivity contribution in [3.05, 3.63) is 47.7 Å². The van der Waals surface area contributed by atoms with Crippen molar-refractivity contribution in [2.24, 2.45) is 0 Å². The average molecular weight is 296 g/mol. The zero-order chi connectivity index (χ0) is 15.1. The van der Waals surface area contributed by atoms with Gasteiger partial charge in [-0.25, -0.2) is 4.98 Å². The van der Waals surface area contributed by atoms with Crippen molar-refractivity contribution in [1.29, 1.82) is 0 Å². The molecule has 2 aromatic rings. The van der Waals surface area contributed by atoms with Gasteiger partial charge in [0.2, 0.25) is 5.95 Å². The van der Waals surface area contributed by atoms with Crippen molar-refractivity contribution < 1.29 is 5.11 Å². The Bertz CT molecular complexity index is 690. The minimum absolute atomic E-state index is 0.0500. The summed E-state index contributed by atoms with van der Waals surface area (Å²) in [6.07, 6.45) is 2.96. The predicted molar refractivity (Wildman–Crippen MR) is 86.1 cm³/mol. The Kier molecular flexibility index (Phi) is 3.22. The second kappa shape index (κ2) is 5.25. The van der Waals surface area contributed by atoms with Crippen LogP contribution >= 0.6 is 0 Å². The van der Waals surface area contributed by atoms with Crippen LogP contribution in [0.5, 0.6) is 0 Å². The van der Waals surface area contributed by atoms with Crippen LogP contribution in [0, 0.1) is 0 Å². The van der Waals surface area contributed by atoms with E-state index in [-0.39, 0.29) is 12.6 Å². The van der Waals surface area contributed by atoms with Crippen LogP contribution < -0.4 is 10.2 Å². The van der Waals surface area contributed by atoms with E-state index in [0.29, 0.717) is 17.9 Å². The van der Waals surface area contributed by atoms with Gasteiger partial charge in [0.15, 0.2) is 0 Å². The molecule has 1 fully saturated rings. The fourth-order valence-corrected chi connectivity index (χ4v) is 3.64. The van der Waals surface area contributed by atoms with Crippen molar-refractivity contribution in [3.8, 4) is 0 Å². The van der Waals surface area contributed by atoms with E-state index in [0.717, 1.165) is 12.4 Å². The first-order valence-corrected chi connectivity index (χ1v) is 7.82. The summed E-state index contributed by atoms with van der Waals surface area (Å²) in [6.45, 7) is 2.99. The van der Waals surface area contributed by atoms with Crippen LogP contribution in [0.3, 0.4) is 0 Å². The van der Waals surface area contributed by atoms with Gasteiger partial charge in [-0.1, -0.05) is 24.3 Å². The Morgan fingerprint density at radius 3 is 2.95 bits per heavy atom. The van der Waals surface area contributed by atoms with E-state index in [9.17, 15) is 0 Å². The van der Waals surface area contributed by atoms with Gasteiger partial charge in [-0.2, -0.15) is 4.98 Å². The fraction of sp³-hybridized carbons (Fsp3) is 0.412. The van der Waals surface area contributed by atoms with Gasteiger partial charge in [0, 0.05) is 24.7 Å². The fourth-order valence-electron chi connectivity index (χ4n) is 3.64. The van der Waals surface area contributed by atoms with Crippen LogP contribution in [0.4, 0.5) is 11.8 Å². The molecule has 0 saturated carbocycles. The maximum absolute atomic E-state index is 9.14. The van der Waals surface area contributed by atoms with Crippen molar-refractivity contribution >= 4 is 11.8 Å². The number of aliphatic hydroxyl groups is 1. The Morgan fingerprint density at radius 2 is 2.14 bits per heavy atom. The van der Waals surface area contributed by atoms with Crippen LogP contribution in [-0.2, 0) is 0 Å². The smallest absolute Gasteiger partial charge is 0.224 e. The van der Waals surface area contributed by atoms with Crippen molar-refractivity contribution in [1.82, 2.24) is 9.97 Å². The Morgan fingerprint density at radius 1 is 1.32 bits per heavy atom. The van der Waals surface area contributed by atoms with Crippen molar-refractivity contribution in [3.63, 3.8) is 0 Å². The number of anilines is 2. The second-order valence-corrected chi connectivity index (χ2v) is 6.20. The number of nitrogens with one attached hydrogen (secondary N) is 1. The minimum Gasteiger partial charge on any atom is -0.394 e. The number of benzene rings is 1. The van der Waals surface area contributed by atoms with Gasteiger partial charge in [-0.3, -0.25) is 0 Å². The highest BCUT2D eigenvalue weighted by molar-refractivity contribution is 5.54. The monoisotopic (exact) mass is 296 g/mol. The molecule has 2 heterocycles. The van der Waals surface area contributed by atoms with Crippen LogP contribution in [0.1, 0.15) is 36.4 Å². The Hall–Kier alpha value is -2.14. The summed E-state index contributed by atoms with van der Waals surface area (Å²) in [7, 11) is 0. The van der Waals surface area contributed by atoms with Crippen LogP contribution in [0.15, 0.2) is 36.5 Å². The molecule has 5 nitrogen and oxygen atoms in total. The zero-order valence-electron chi connectivity index (χ0n) is 12.6. The van der Waals surface area contributed by atoms with E-state index in [1.165, 1.54) is 17.5 Å². The molecule has 0 unspecified atom stereocenters. The summed E-state index contributed by atoms with van der Waals surface area (Å²) in [5.74, 6) is 2.16. The first kappa shape index (κ1) is 13.5. The molecule has 3 atom stereocenters. The van der Waals surface area contributed by atoms with Gasteiger partial charge in [-0.15, -0.1) is 0 Å². The van der Waals surface area contributed by atoms with E-state index in [1.807, 2.05) is 13.0 Å². The second-order valence-electron chi connectivity index (χ2n) is 6.20. The molecule has 1 saturated heterocycles. The first-order valence-electron chi connectivity index (χ1n) is 7.82. The lowest BCUT2D eigenvalue weighted by Crippen LogP contribution is -2.28. The number of hydrogen-bond acceptors (Lipinski definition) is 5. The largest absolute Gasteiger partial charge is 0.394 e. The summed E-state index contributed by atoms with van der Waals surface area (Å²) in [5.41, 5.74) is 2.95. The molecule has 0 spiro atoms. The highest BCUT2D eigenvalue weighted by atomic mass is 16.3. The molecular weight excluding hydrogens is 276 g/mol. The molecule has 2 N–H and O–H groups in total. The quantitative estimate of drug-likeness (QED) is 0.906. The number of rotatable bonds is 4. The van der Waals surface area contributed by atoms with Crippen LogP contribution in [0.25, 0.3) is 0 Å². The number of fused-ring (bicyclic) bond motifs is 5. The third kappa shape index (κ3) is 2.13. The van der Waals surface area contributed by atoms with Crippen molar-refractivity contribution in [2.45, 2.75) is 31.3 Å². The van der Waals surface area contributed by atoms with Gasteiger partial charge in [-0.05, 0) is 30.5 Å². The van der Waals surface area contributed by atoms with E-state index in [1.54, 1.807) is 6.20 Å². The lowest BCUT2D eigenvalue weighted by molar-refractivity contribution is 0.281. The maximum Gasteiger partial charge on any atom is 0.224 e. The summed E-state index contributed by atoms with van der Waals surface area (Å²) in [4.78, 5) is 11.3. The molecule has 2 aliphatic rings. The summed E-state index contributed by atoms with van der Waals surface area (Å²) >= 11 is 0. The maximum atomic E-state index is 9.14. The van der Waals surface area contributed by atoms with E-state index in [4.69, 9.17) is 5.11 Å². The molecule has 1 aromatic carbocycles. The molecule has 1 aliphatic heterocycles. The molecule has 0 radical (unpaired) electrons. The SMILES string of the molecule is C[C@H](CO)Nc1nccc(N2C[C@H]3C[C@H]2c2ccccc23)n1. The van der Waals surface area contributed by atoms with Gasteiger partial charge in [0.1, 0.15) is 5.82 Å². The molecule has 1 aliphatic carbocycles. The van der Waals surface area contributed by atoms with E-state index >= 15 is 0 Å². The number of aliphatic hydroxyl groups excluding tert-OH is 1. The van der Waals surface area contributed by atoms with Gasteiger partial charge >= 0.3 is 0 Å². The Labute approximate surface area is 130 Å². The molecular formula is C17H20N4O. The first-order chi connectivity index (χ1) is 10.8. The van der Waals surface area contributed by atoms with E-state index < -0.39 is 0 Å². The molecule has 114 valence electrons. The normalized spacial score (nSPS) is 23.5. The molecule has 5 heteroatoms. The van der Waals surface area contributed by atoms with Gasteiger partial charge in [0.25, 0.3) is 0 Å². The summed E-state index contributed by atoms with van der Waals surface area (Å²) in [6, 6.07) is 11.1. The zero-order valence-corrected chi connectivity index (χ0v) is 12.6. The summed E-state index contributed by atoms with van der Waals surface area (Å²) < 4.78 is 0. The number of aromatic nitrogens is 2. The highest BCUT2D eigenvalue weighted by Crippen LogP contribution is 2.51. The van der Waals surface area contributed by atoms with Gasteiger partial charge < -0.3 is 15.3 Å². The topological polar surface area (TPSA) is 61.3 Å². The summed E-state index contributed by atoms with van der Waals surface area (Å²) in [5, 5.41) is 12.3. The number of hydrogen-bond donors (Lipinski definition) is 2. The lowest BCUT2D eigenvalue weighted by Gasteiger charge is -2.30. The Balaban J connectivity index is 1.61. The molecule has 2 bridgehead atoms. The molecule has 1 aromatic heterocycles. The van der Waals surface area contributed by atoms with Crippen LogP contribution in [0.2, 0.25) is 0 Å². The predicted octanol–water partition coefficient (Wildman–Crippen LogP) is 2.32. The van der Waals surface area contributed by atoms with Crippen molar-refractivity contribution in [2.75, 3.05) is 23.4 Å². The molecule has 0 amide bonds. The van der Waals surface area contributed by atoms with Crippen LogP contribution in [-0.4, -0.2) is 34.3 Å². The lowest BCUT2D eigenvalue weighted by atomic mass is 9.99. The molecule has 22 heavy (non-hydrogen) atoms. The van der Waals surface area contributed by atoms with Gasteiger partial charge in [0.05, 0.1) is 12.6 Å². The minimum atomic E-state index is -0.0500. The van der Waals surface area contributed by atoms with E-state index in [2.05, 4.69) is 44.5 Å². The average Bonchev–Trinajstić information content (AvgIpc) is 3.14. The third-order valence-corrected chi connectivity index (χ3v) is 4.68. The third-order valence-electron chi connectivity index (χ3n) is 4.68.